The van der Waals surface area contributed by atoms with Gasteiger partial charge in [-0.25, -0.2) is 4.37 Å². The van der Waals surface area contributed by atoms with Gasteiger partial charge in [-0.1, -0.05) is 0 Å². The van der Waals surface area contributed by atoms with Crippen molar-refractivity contribution in [2.75, 3.05) is 0 Å². The number of nitrogens with zero attached hydrogens (tertiary/aromatic N) is 2. The van der Waals surface area contributed by atoms with Gasteiger partial charge < -0.3 is 12.6 Å². The second kappa shape index (κ2) is 4.31. The molecule has 0 bridgehead atoms. The maximum Gasteiger partial charge on any atom is 1.00 e. The molecule has 0 aliphatic heterocycles. The van der Waals surface area contributed by atoms with E-state index >= 15 is 0 Å². The van der Waals surface area contributed by atoms with Crippen LogP contribution in [0.15, 0.2) is 11.2 Å². The van der Waals surface area contributed by atoms with Gasteiger partial charge in [-0.05, 0) is 5.03 Å². The second-order valence-corrected chi connectivity index (χ2v) is 1.72. The Balaban J connectivity index is 0.000000360. The minimum Gasteiger partial charge on any atom is -0.758 e. The van der Waals surface area contributed by atoms with Crippen LogP contribution in [0.25, 0.3) is 0 Å². The van der Waals surface area contributed by atoms with Crippen molar-refractivity contribution in [2.45, 2.75) is 5.03 Å². The van der Waals surface area contributed by atoms with Crippen LogP contribution >= 0.6 is 11.7 Å². The van der Waals surface area contributed by atoms with Gasteiger partial charge in [-0.3, -0.25) is 0 Å². The van der Waals surface area contributed by atoms with Crippen molar-refractivity contribution >= 4 is 24.4 Å². The molecule has 0 amide bonds. The molecular formula is C2HKN2S2. The molecule has 0 aliphatic carbocycles. The fourth-order valence-electron chi connectivity index (χ4n) is 0.156. The summed E-state index contributed by atoms with van der Waals surface area (Å²) in [6, 6.07) is 0. The van der Waals surface area contributed by atoms with E-state index in [1.165, 1.54) is 0 Å². The first-order valence-electron chi connectivity index (χ1n) is 1.34. The molecule has 0 saturated carbocycles. The Hall–Kier alpha value is 1.42. The monoisotopic (exact) mass is 156 g/mol. The van der Waals surface area contributed by atoms with E-state index in [-0.39, 0.29) is 51.4 Å². The van der Waals surface area contributed by atoms with Crippen LogP contribution in [0, 0.1) is 0 Å². The van der Waals surface area contributed by atoms with E-state index in [1.54, 1.807) is 6.20 Å². The average molecular weight is 156 g/mol. The van der Waals surface area contributed by atoms with Gasteiger partial charge >= 0.3 is 51.4 Å². The largest absolute Gasteiger partial charge is 1.00 e. The van der Waals surface area contributed by atoms with Crippen molar-refractivity contribution in [2.24, 2.45) is 0 Å². The number of aromatic nitrogens is 2. The van der Waals surface area contributed by atoms with Crippen LogP contribution < -0.4 is 51.4 Å². The summed E-state index contributed by atoms with van der Waals surface area (Å²) in [6.07, 6.45) is 1.56. The van der Waals surface area contributed by atoms with Gasteiger partial charge in [0.1, 0.15) is 0 Å². The summed E-state index contributed by atoms with van der Waals surface area (Å²) in [4.78, 5) is 0. The average Bonchev–Trinajstić information content (AvgIpc) is 1.86. The van der Waals surface area contributed by atoms with E-state index in [2.05, 4.69) is 21.4 Å². The quantitative estimate of drug-likeness (QED) is 0.305. The van der Waals surface area contributed by atoms with Gasteiger partial charge in [-0.15, -0.1) is 0 Å². The van der Waals surface area contributed by atoms with Crippen LogP contribution in [0.2, 0.25) is 0 Å². The van der Waals surface area contributed by atoms with Crippen molar-refractivity contribution in [1.29, 1.82) is 0 Å². The van der Waals surface area contributed by atoms with Gasteiger partial charge in [0.15, 0.2) is 0 Å². The molecule has 1 heterocycles. The molecule has 5 heteroatoms. The standard InChI is InChI=1S/C2H2N2S2.K/c5-2-1-3-6-4-2;/h1H,(H,4,5);/q;+1/p-1. The number of hydrogen-bond donors (Lipinski definition) is 0. The van der Waals surface area contributed by atoms with Crippen LogP contribution in [0.4, 0.5) is 0 Å². The van der Waals surface area contributed by atoms with Gasteiger partial charge in [0.2, 0.25) is 0 Å². The molecule has 2 nitrogen and oxygen atoms in total. The van der Waals surface area contributed by atoms with E-state index in [1.807, 2.05) is 0 Å². The summed E-state index contributed by atoms with van der Waals surface area (Å²) in [5.41, 5.74) is 0. The predicted molar refractivity (Wildman–Crippen MR) is 25.5 cm³/mol. The molecule has 1 rings (SSSR count). The minimum absolute atomic E-state index is 0. The molecular weight excluding hydrogens is 155 g/mol. The Morgan fingerprint density at radius 1 is 1.71 bits per heavy atom. The molecule has 0 radical (unpaired) electrons. The van der Waals surface area contributed by atoms with Crippen molar-refractivity contribution in [3.05, 3.63) is 6.20 Å². The molecule has 1 aromatic heterocycles. The van der Waals surface area contributed by atoms with Crippen LogP contribution in [0.1, 0.15) is 0 Å². The van der Waals surface area contributed by atoms with Gasteiger partial charge in [0.05, 0.1) is 11.7 Å². The fraction of sp³-hybridized carbons (Fsp3) is 0. The molecule has 32 valence electrons. The topological polar surface area (TPSA) is 25.8 Å². The van der Waals surface area contributed by atoms with Crippen molar-refractivity contribution in [1.82, 2.24) is 8.75 Å². The number of rotatable bonds is 0. The van der Waals surface area contributed by atoms with Crippen LogP contribution in [-0.4, -0.2) is 8.75 Å². The first kappa shape index (κ1) is 8.42. The third-order valence-corrected chi connectivity index (χ3v) is 1.13. The maximum absolute atomic E-state index is 4.58. The molecule has 0 spiro atoms. The summed E-state index contributed by atoms with van der Waals surface area (Å²) >= 11 is 5.72. The van der Waals surface area contributed by atoms with E-state index in [0.29, 0.717) is 5.03 Å². The summed E-state index contributed by atoms with van der Waals surface area (Å²) in [5, 5.41) is 0.583. The normalized spacial score (nSPS) is 7.43. The Kier molecular flexibility index (Phi) is 5.18. The SMILES string of the molecule is [K+].[S-]c1cnsn1. The molecule has 0 saturated heterocycles. The molecule has 7 heavy (non-hydrogen) atoms. The third-order valence-electron chi connectivity index (χ3n) is 0.341. The third kappa shape index (κ3) is 3.07. The van der Waals surface area contributed by atoms with Crippen molar-refractivity contribution in [3.63, 3.8) is 0 Å². The molecule has 0 N–H and O–H groups in total. The number of hydrogen-bond acceptors (Lipinski definition) is 4. The Morgan fingerprint density at radius 2 is 2.43 bits per heavy atom. The van der Waals surface area contributed by atoms with E-state index in [9.17, 15) is 0 Å². The fourth-order valence-corrected chi connectivity index (χ4v) is 0.697. The molecule has 1 aromatic rings. The summed E-state index contributed by atoms with van der Waals surface area (Å²) in [5.74, 6) is 0. The van der Waals surface area contributed by atoms with Crippen molar-refractivity contribution < 1.29 is 51.4 Å². The first-order chi connectivity index (χ1) is 2.89. The van der Waals surface area contributed by atoms with Crippen LogP contribution in [0.3, 0.4) is 0 Å². The Labute approximate surface area is 93.9 Å². The van der Waals surface area contributed by atoms with E-state index in [4.69, 9.17) is 0 Å². The Bertz CT molecular complexity index is 117. The van der Waals surface area contributed by atoms with Gasteiger partial charge in [0, 0.05) is 6.20 Å². The molecule has 0 fully saturated rings. The summed E-state index contributed by atoms with van der Waals surface area (Å²) < 4.78 is 7.31. The molecule has 0 unspecified atom stereocenters. The predicted octanol–water partition coefficient (Wildman–Crippen LogP) is -2.55. The van der Waals surface area contributed by atoms with E-state index in [0.717, 1.165) is 11.7 Å². The van der Waals surface area contributed by atoms with E-state index < -0.39 is 0 Å². The summed E-state index contributed by atoms with van der Waals surface area (Å²) in [6.45, 7) is 0. The first-order valence-corrected chi connectivity index (χ1v) is 2.48. The smallest absolute Gasteiger partial charge is 0.758 e. The molecule has 0 aromatic carbocycles. The zero-order valence-electron chi connectivity index (χ0n) is 3.79. The summed E-state index contributed by atoms with van der Waals surface area (Å²) in [7, 11) is 0. The van der Waals surface area contributed by atoms with Gasteiger partial charge in [-0.2, -0.15) is 4.37 Å². The van der Waals surface area contributed by atoms with Gasteiger partial charge in [0.25, 0.3) is 0 Å². The zero-order valence-corrected chi connectivity index (χ0v) is 8.54. The second-order valence-electron chi connectivity index (χ2n) is 0.746. The minimum atomic E-state index is 0. The molecule has 0 aliphatic rings. The maximum atomic E-state index is 4.58. The van der Waals surface area contributed by atoms with Crippen LogP contribution in [0.5, 0.6) is 0 Å². The van der Waals surface area contributed by atoms with Crippen molar-refractivity contribution in [3.8, 4) is 0 Å². The van der Waals surface area contributed by atoms with Crippen LogP contribution in [-0.2, 0) is 12.6 Å². The Morgan fingerprint density at radius 3 is 2.57 bits per heavy atom. The molecule has 0 atom stereocenters. The zero-order chi connectivity index (χ0) is 4.41.